The van der Waals surface area contributed by atoms with Crippen LogP contribution >= 0.6 is 0 Å². The minimum absolute atomic E-state index is 0.308. The topological polar surface area (TPSA) is 181 Å². The lowest BCUT2D eigenvalue weighted by molar-refractivity contribution is -0.270. The van der Waals surface area contributed by atoms with Gasteiger partial charge in [-0.3, -0.25) is 24.0 Å². The van der Waals surface area contributed by atoms with E-state index < -0.39 is 72.7 Å². The standard InChI is InChI=1S/C46H69N3O12/c1-10-11-12-13-14-15-16-17-18-19-20-21-22-23-25-46(9)26-24-36-39(41(56-32(5)51)30(3)29(2)40(36)61-46)37-27-49(48-47-37)45-44(59-35(8)54)43(58-34(7)53)42(57-33(6)52)38(60-45)28-55-31(4)50/h27,38,42-45H,10-26,28H2,1-9H3/t38-,42+,43+,44-,45+,46?/m0/s1. The number of esters is 5. The Kier molecular flexibility index (Phi) is 19.0. The smallest absolute Gasteiger partial charge is 0.308 e. The van der Waals surface area contributed by atoms with E-state index in [1.54, 1.807) is 6.20 Å². The molecule has 1 aromatic heterocycles. The Morgan fingerprint density at radius 3 is 1.80 bits per heavy atom. The maximum absolute atomic E-state index is 12.5. The van der Waals surface area contributed by atoms with Crippen LogP contribution in [0.3, 0.4) is 0 Å². The number of carbonyl (C=O) groups is 5. The van der Waals surface area contributed by atoms with Gasteiger partial charge in [-0.2, -0.15) is 0 Å². The summed E-state index contributed by atoms with van der Waals surface area (Å²) >= 11 is 0. The number of rotatable bonds is 23. The third-order valence-electron chi connectivity index (χ3n) is 11.6. The summed E-state index contributed by atoms with van der Waals surface area (Å²) in [6, 6.07) is 0. The average molecular weight is 856 g/mol. The molecule has 0 saturated carbocycles. The third-order valence-corrected chi connectivity index (χ3v) is 11.6. The zero-order chi connectivity index (χ0) is 44.7. The number of unbranched alkanes of at least 4 members (excludes halogenated alkanes) is 13. The molecule has 1 fully saturated rings. The summed E-state index contributed by atoms with van der Waals surface area (Å²) in [4.78, 5) is 61.5. The molecule has 1 saturated heterocycles. The molecular formula is C46H69N3O12. The minimum Gasteiger partial charge on any atom is -0.487 e. The van der Waals surface area contributed by atoms with Crippen molar-refractivity contribution in [1.82, 2.24) is 15.0 Å². The molecule has 3 heterocycles. The van der Waals surface area contributed by atoms with Crippen molar-refractivity contribution in [3.63, 3.8) is 0 Å². The predicted molar refractivity (Wildman–Crippen MR) is 226 cm³/mol. The van der Waals surface area contributed by atoms with Crippen molar-refractivity contribution >= 4 is 29.8 Å². The van der Waals surface area contributed by atoms with Crippen LogP contribution in [0.1, 0.15) is 174 Å². The summed E-state index contributed by atoms with van der Waals surface area (Å²) in [5, 5.41) is 8.87. The Balaban J connectivity index is 1.56. The van der Waals surface area contributed by atoms with Gasteiger partial charge in [0.1, 0.15) is 35.5 Å². The molecule has 0 N–H and O–H groups in total. The Hall–Kier alpha value is -4.53. The minimum atomic E-state index is -1.39. The molecule has 0 spiro atoms. The third kappa shape index (κ3) is 14.3. The molecule has 1 unspecified atom stereocenters. The molecule has 0 amide bonds. The highest BCUT2D eigenvalue weighted by Gasteiger charge is 2.53. The van der Waals surface area contributed by atoms with Crippen LogP contribution in [0.15, 0.2) is 6.20 Å². The van der Waals surface area contributed by atoms with Crippen molar-refractivity contribution < 1.29 is 57.1 Å². The molecule has 61 heavy (non-hydrogen) atoms. The Morgan fingerprint density at radius 1 is 0.721 bits per heavy atom. The van der Waals surface area contributed by atoms with Gasteiger partial charge in [-0.25, -0.2) is 4.68 Å². The molecule has 0 radical (unpaired) electrons. The second-order valence-corrected chi connectivity index (χ2v) is 16.9. The van der Waals surface area contributed by atoms with Crippen LogP contribution in [0.4, 0.5) is 0 Å². The van der Waals surface area contributed by atoms with Crippen LogP contribution in [0.25, 0.3) is 11.3 Å². The molecule has 2 aromatic rings. The van der Waals surface area contributed by atoms with Crippen molar-refractivity contribution in [2.24, 2.45) is 0 Å². The fourth-order valence-electron chi connectivity index (χ4n) is 8.41. The first-order valence-corrected chi connectivity index (χ1v) is 22.3. The lowest BCUT2D eigenvalue weighted by Gasteiger charge is -2.44. The first kappa shape index (κ1) is 49.1. The van der Waals surface area contributed by atoms with Crippen LogP contribution in [-0.2, 0) is 54.1 Å². The van der Waals surface area contributed by atoms with Crippen LogP contribution in [-0.4, -0.2) is 81.5 Å². The van der Waals surface area contributed by atoms with Gasteiger partial charge in [-0.05, 0) is 57.6 Å². The number of hydrogen-bond donors (Lipinski definition) is 0. The molecule has 4 rings (SSSR count). The average Bonchev–Trinajstić information content (AvgIpc) is 3.67. The first-order valence-electron chi connectivity index (χ1n) is 22.3. The van der Waals surface area contributed by atoms with Crippen molar-refractivity contribution in [2.75, 3.05) is 6.61 Å². The van der Waals surface area contributed by atoms with Crippen molar-refractivity contribution in [3.8, 4) is 22.8 Å². The van der Waals surface area contributed by atoms with Crippen LogP contribution < -0.4 is 9.47 Å². The predicted octanol–water partition coefficient (Wildman–Crippen LogP) is 8.70. The molecular weight excluding hydrogens is 787 g/mol. The highest BCUT2D eigenvalue weighted by molar-refractivity contribution is 5.82. The summed E-state index contributed by atoms with van der Waals surface area (Å²) < 4.78 is 42.4. The van der Waals surface area contributed by atoms with E-state index in [2.05, 4.69) is 24.2 Å². The van der Waals surface area contributed by atoms with Gasteiger partial charge < -0.3 is 33.2 Å². The lowest BCUT2D eigenvalue weighted by atomic mass is 9.83. The molecule has 2 aliphatic rings. The van der Waals surface area contributed by atoms with Crippen molar-refractivity contribution in [3.05, 3.63) is 22.9 Å². The summed E-state index contributed by atoms with van der Waals surface area (Å²) in [7, 11) is 0. The van der Waals surface area contributed by atoms with Gasteiger partial charge in [0.2, 0.25) is 0 Å². The second-order valence-electron chi connectivity index (χ2n) is 16.9. The molecule has 0 bridgehead atoms. The normalized spacial score (nSPS) is 22.1. The van der Waals surface area contributed by atoms with Crippen molar-refractivity contribution in [2.45, 2.75) is 208 Å². The maximum atomic E-state index is 12.5. The van der Waals surface area contributed by atoms with E-state index in [4.69, 9.17) is 33.2 Å². The maximum Gasteiger partial charge on any atom is 0.308 e. The van der Waals surface area contributed by atoms with Crippen LogP contribution in [0, 0.1) is 13.8 Å². The molecule has 15 nitrogen and oxygen atoms in total. The lowest BCUT2D eigenvalue weighted by Crippen LogP contribution is -2.60. The zero-order valence-electron chi connectivity index (χ0n) is 37.9. The van der Waals surface area contributed by atoms with E-state index >= 15 is 0 Å². The summed E-state index contributed by atoms with van der Waals surface area (Å²) in [6.07, 6.45) is 15.3. The number of carbonyl (C=O) groups excluding carboxylic acids is 5. The molecule has 2 aliphatic heterocycles. The number of aromatic nitrogens is 3. The molecule has 0 aliphatic carbocycles. The molecule has 6 atom stereocenters. The van der Waals surface area contributed by atoms with Crippen LogP contribution in [0.2, 0.25) is 0 Å². The Bertz CT molecular complexity index is 1810. The van der Waals surface area contributed by atoms with Gasteiger partial charge >= 0.3 is 29.8 Å². The number of benzene rings is 1. The number of fused-ring (bicyclic) bond motifs is 1. The number of nitrogens with zero attached hydrogens (tertiary/aromatic N) is 3. The Labute approximate surface area is 361 Å². The molecule has 1 aromatic carbocycles. The van der Waals surface area contributed by atoms with E-state index in [1.807, 2.05) is 13.8 Å². The van der Waals surface area contributed by atoms with Gasteiger partial charge in [-0.1, -0.05) is 95.6 Å². The molecule has 15 heteroatoms. The van der Waals surface area contributed by atoms with Gasteiger partial charge in [0, 0.05) is 40.2 Å². The van der Waals surface area contributed by atoms with E-state index in [0.29, 0.717) is 34.7 Å². The number of ether oxygens (including phenoxy) is 7. The van der Waals surface area contributed by atoms with Gasteiger partial charge in [0.15, 0.2) is 24.5 Å². The SMILES string of the molecule is CCCCCCCCCCCCCCCCC1(C)CCc2c(c(C)c(C)c(OC(C)=O)c2-c2cn([C@@H]3O[C@@H](COC(C)=O)[C@@H](OC(C)=O)[C@@H](OC(C)=O)[C@@H]3OC(C)=O)nn2)O1. The zero-order valence-corrected chi connectivity index (χ0v) is 37.9. The fraction of sp³-hybridized carbons (Fsp3) is 0.717. The summed E-state index contributed by atoms with van der Waals surface area (Å²) in [5.74, 6) is -2.36. The van der Waals surface area contributed by atoms with E-state index in [1.165, 1.54) is 103 Å². The van der Waals surface area contributed by atoms with Gasteiger partial charge in [0.25, 0.3) is 0 Å². The number of hydrogen-bond acceptors (Lipinski definition) is 14. The fourth-order valence-corrected chi connectivity index (χ4v) is 8.41. The largest absolute Gasteiger partial charge is 0.487 e. The summed E-state index contributed by atoms with van der Waals surface area (Å²) in [5.41, 5.74) is 2.80. The van der Waals surface area contributed by atoms with E-state index in [0.717, 1.165) is 50.7 Å². The Morgan fingerprint density at radius 2 is 1.26 bits per heavy atom. The van der Waals surface area contributed by atoms with Crippen LogP contribution in [0.5, 0.6) is 11.5 Å². The highest BCUT2D eigenvalue weighted by atomic mass is 16.7. The van der Waals surface area contributed by atoms with Gasteiger partial charge in [-0.15, -0.1) is 5.10 Å². The molecule has 340 valence electrons. The monoisotopic (exact) mass is 855 g/mol. The van der Waals surface area contributed by atoms with E-state index in [-0.39, 0.29) is 0 Å². The highest BCUT2D eigenvalue weighted by Crippen LogP contribution is 2.49. The van der Waals surface area contributed by atoms with Crippen molar-refractivity contribution in [1.29, 1.82) is 0 Å². The quantitative estimate of drug-likeness (QED) is 0.0448. The summed E-state index contributed by atoms with van der Waals surface area (Å²) in [6.45, 7) is 13.9. The second kappa shape index (κ2) is 23.6. The van der Waals surface area contributed by atoms with E-state index in [9.17, 15) is 24.0 Å². The first-order chi connectivity index (χ1) is 29.0. The van der Waals surface area contributed by atoms with Gasteiger partial charge in [0.05, 0.1) is 11.8 Å².